The second-order valence-corrected chi connectivity index (χ2v) is 2.95. The molecule has 0 fully saturated rings. The molecule has 16 heavy (non-hydrogen) atoms. The molecule has 0 saturated carbocycles. The van der Waals surface area contributed by atoms with Gasteiger partial charge in [0.1, 0.15) is 5.69 Å². The van der Waals surface area contributed by atoms with E-state index < -0.39 is 23.3 Å². The van der Waals surface area contributed by atoms with Crippen LogP contribution in [0, 0.1) is 0 Å². The Labute approximate surface area is 89.9 Å². The summed E-state index contributed by atoms with van der Waals surface area (Å²) in [7, 11) is 2.72. The number of carbonyl (C=O) groups excluding carboxylic acids is 1. The largest absolute Gasteiger partial charge is 0.418 e. The number of carbonyl (C=O) groups is 1. The fraction of sp³-hybridized carbons (Fsp3) is 0.333. The second-order valence-electron chi connectivity index (χ2n) is 2.95. The number of pyridine rings is 1. The molecule has 1 rings (SSSR count). The quantitative estimate of drug-likeness (QED) is 0.813. The molecule has 0 aliphatic carbocycles. The van der Waals surface area contributed by atoms with Crippen molar-refractivity contribution in [3.05, 3.63) is 23.5 Å². The number of hydrogen-bond acceptors (Lipinski definition) is 3. The molecule has 4 nitrogen and oxygen atoms in total. The van der Waals surface area contributed by atoms with Gasteiger partial charge in [-0.25, -0.2) is 4.98 Å². The van der Waals surface area contributed by atoms with Crippen LogP contribution in [-0.2, 0) is 6.18 Å². The number of aromatic nitrogens is 1. The SMILES string of the molecule is CNC(=O)c1ncc(NC)cc1C(F)(F)F. The third-order valence-electron chi connectivity index (χ3n) is 1.92. The molecule has 0 aliphatic rings. The predicted molar refractivity (Wildman–Crippen MR) is 52.2 cm³/mol. The number of hydrogen-bond donors (Lipinski definition) is 2. The molecule has 1 amide bonds. The van der Waals surface area contributed by atoms with Crippen LogP contribution < -0.4 is 10.6 Å². The number of rotatable bonds is 2. The van der Waals surface area contributed by atoms with Gasteiger partial charge in [0, 0.05) is 14.1 Å². The van der Waals surface area contributed by atoms with Crippen molar-refractivity contribution in [3.8, 4) is 0 Å². The summed E-state index contributed by atoms with van der Waals surface area (Å²) in [4.78, 5) is 14.7. The lowest BCUT2D eigenvalue weighted by atomic mass is 10.1. The predicted octanol–water partition coefficient (Wildman–Crippen LogP) is 1.50. The average molecular weight is 233 g/mol. The minimum absolute atomic E-state index is 0.194. The van der Waals surface area contributed by atoms with E-state index in [1.54, 1.807) is 0 Å². The molecule has 0 unspecified atom stereocenters. The van der Waals surface area contributed by atoms with Gasteiger partial charge in [-0.3, -0.25) is 4.79 Å². The zero-order chi connectivity index (χ0) is 12.3. The van der Waals surface area contributed by atoms with E-state index in [1.807, 2.05) is 0 Å². The zero-order valence-corrected chi connectivity index (χ0v) is 8.64. The van der Waals surface area contributed by atoms with E-state index in [1.165, 1.54) is 20.3 Å². The van der Waals surface area contributed by atoms with E-state index in [0.29, 0.717) is 0 Å². The summed E-state index contributed by atoms with van der Waals surface area (Å²) in [5, 5.41) is 4.64. The smallest absolute Gasteiger partial charge is 0.387 e. The molecule has 0 aromatic carbocycles. The number of anilines is 1. The third kappa shape index (κ3) is 2.41. The Morgan fingerprint density at radius 3 is 2.44 bits per heavy atom. The first-order valence-corrected chi connectivity index (χ1v) is 4.37. The Morgan fingerprint density at radius 2 is 2.00 bits per heavy atom. The maximum atomic E-state index is 12.6. The maximum Gasteiger partial charge on any atom is 0.418 e. The van der Waals surface area contributed by atoms with Crippen LogP contribution in [0.3, 0.4) is 0 Å². The molecule has 0 radical (unpaired) electrons. The first-order valence-electron chi connectivity index (χ1n) is 4.37. The fourth-order valence-corrected chi connectivity index (χ4v) is 1.12. The van der Waals surface area contributed by atoms with E-state index in [4.69, 9.17) is 0 Å². The van der Waals surface area contributed by atoms with Gasteiger partial charge in [-0.2, -0.15) is 13.2 Å². The highest BCUT2D eigenvalue weighted by Gasteiger charge is 2.36. The van der Waals surface area contributed by atoms with Gasteiger partial charge >= 0.3 is 6.18 Å². The van der Waals surface area contributed by atoms with Crippen LogP contribution in [0.4, 0.5) is 18.9 Å². The van der Waals surface area contributed by atoms with Gasteiger partial charge in [0.25, 0.3) is 5.91 Å². The maximum absolute atomic E-state index is 12.6. The number of nitrogens with one attached hydrogen (secondary N) is 2. The van der Waals surface area contributed by atoms with Crippen LogP contribution in [0.2, 0.25) is 0 Å². The summed E-state index contributed by atoms with van der Waals surface area (Å²) in [5.74, 6) is -0.866. The molecule has 0 atom stereocenters. The first kappa shape index (κ1) is 12.3. The first-order chi connectivity index (χ1) is 7.40. The standard InChI is InChI=1S/C9H10F3N3O/c1-13-5-3-6(9(10,11)12)7(15-4-5)8(16)14-2/h3-4,13H,1-2H3,(H,14,16). The summed E-state index contributed by atoms with van der Waals surface area (Å²) in [6.45, 7) is 0. The number of amides is 1. The molecular formula is C9H10F3N3O. The van der Waals surface area contributed by atoms with Crippen molar-refractivity contribution in [3.63, 3.8) is 0 Å². The molecule has 1 heterocycles. The molecule has 0 aliphatic heterocycles. The summed E-state index contributed by atoms with van der Waals surface area (Å²) >= 11 is 0. The van der Waals surface area contributed by atoms with Gasteiger partial charge < -0.3 is 10.6 Å². The monoisotopic (exact) mass is 233 g/mol. The molecule has 0 saturated heterocycles. The lowest BCUT2D eigenvalue weighted by Gasteiger charge is -2.12. The van der Waals surface area contributed by atoms with Crippen molar-refractivity contribution >= 4 is 11.6 Å². The van der Waals surface area contributed by atoms with Crippen LogP contribution in [0.5, 0.6) is 0 Å². The van der Waals surface area contributed by atoms with Gasteiger partial charge in [0.15, 0.2) is 0 Å². The van der Waals surface area contributed by atoms with Crippen molar-refractivity contribution < 1.29 is 18.0 Å². The van der Waals surface area contributed by atoms with Crippen LogP contribution in [0.15, 0.2) is 12.3 Å². The molecule has 88 valence electrons. The van der Waals surface area contributed by atoms with Crippen LogP contribution >= 0.6 is 0 Å². The van der Waals surface area contributed by atoms with E-state index >= 15 is 0 Å². The minimum Gasteiger partial charge on any atom is -0.387 e. The number of nitrogens with zero attached hydrogens (tertiary/aromatic N) is 1. The zero-order valence-electron chi connectivity index (χ0n) is 8.64. The Balaban J connectivity index is 3.33. The molecule has 0 spiro atoms. The molecule has 1 aromatic heterocycles. The van der Waals surface area contributed by atoms with Crippen molar-refractivity contribution in [2.75, 3.05) is 19.4 Å². The normalized spacial score (nSPS) is 11.1. The van der Waals surface area contributed by atoms with Crippen molar-refractivity contribution in [2.24, 2.45) is 0 Å². The highest BCUT2D eigenvalue weighted by atomic mass is 19.4. The minimum atomic E-state index is -4.61. The Bertz CT molecular complexity index is 403. The Kier molecular flexibility index (Phi) is 3.36. The summed E-state index contributed by atoms with van der Waals surface area (Å²) in [6, 6.07) is 0.845. The molecule has 0 bridgehead atoms. The molecular weight excluding hydrogens is 223 g/mol. The third-order valence-corrected chi connectivity index (χ3v) is 1.92. The van der Waals surface area contributed by atoms with Gasteiger partial charge in [-0.15, -0.1) is 0 Å². The van der Waals surface area contributed by atoms with Gasteiger partial charge in [-0.05, 0) is 6.07 Å². The Morgan fingerprint density at radius 1 is 1.38 bits per heavy atom. The van der Waals surface area contributed by atoms with Crippen molar-refractivity contribution in [1.29, 1.82) is 0 Å². The van der Waals surface area contributed by atoms with E-state index in [2.05, 4.69) is 15.6 Å². The summed E-state index contributed by atoms with van der Waals surface area (Å²) in [5.41, 5.74) is -1.49. The van der Waals surface area contributed by atoms with Crippen molar-refractivity contribution in [1.82, 2.24) is 10.3 Å². The van der Waals surface area contributed by atoms with Gasteiger partial charge in [-0.1, -0.05) is 0 Å². The topological polar surface area (TPSA) is 54.0 Å². The molecule has 7 heteroatoms. The van der Waals surface area contributed by atoms with Crippen molar-refractivity contribution in [2.45, 2.75) is 6.18 Å². The lowest BCUT2D eigenvalue weighted by molar-refractivity contribution is -0.138. The van der Waals surface area contributed by atoms with Crippen LogP contribution in [0.1, 0.15) is 16.1 Å². The Hall–Kier alpha value is -1.79. The summed E-state index contributed by atoms with van der Waals surface area (Å²) < 4.78 is 37.8. The highest BCUT2D eigenvalue weighted by Crippen LogP contribution is 2.32. The molecule has 2 N–H and O–H groups in total. The van der Waals surface area contributed by atoms with E-state index in [0.717, 1.165) is 6.07 Å². The number of alkyl halides is 3. The van der Waals surface area contributed by atoms with E-state index in [-0.39, 0.29) is 5.69 Å². The highest BCUT2D eigenvalue weighted by molar-refractivity contribution is 5.94. The number of halogens is 3. The van der Waals surface area contributed by atoms with Gasteiger partial charge in [0.2, 0.25) is 0 Å². The van der Waals surface area contributed by atoms with Gasteiger partial charge in [0.05, 0.1) is 17.4 Å². The molecule has 1 aromatic rings. The van der Waals surface area contributed by atoms with Crippen LogP contribution in [-0.4, -0.2) is 25.0 Å². The second kappa shape index (κ2) is 4.38. The fourth-order valence-electron chi connectivity index (χ4n) is 1.12. The van der Waals surface area contributed by atoms with Crippen LogP contribution in [0.25, 0.3) is 0 Å². The lowest BCUT2D eigenvalue weighted by Crippen LogP contribution is -2.24. The average Bonchev–Trinajstić information content (AvgIpc) is 2.26. The van der Waals surface area contributed by atoms with E-state index in [9.17, 15) is 18.0 Å². The summed E-state index contributed by atoms with van der Waals surface area (Å²) in [6.07, 6.45) is -3.44.